The number of nitrogens with one attached hydrogen (secondary N) is 2. The Kier molecular flexibility index (Phi) is 2.85. The van der Waals surface area contributed by atoms with E-state index in [1.165, 1.54) is 12.4 Å². The lowest BCUT2D eigenvalue weighted by Gasteiger charge is -2.19. The van der Waals surface area contributed by atoms with Crippen LogP contribution in [0.1, 0.15) is 29.8 Å². The van der Waals surface area contributed by atoms with Crippen LogP contribution in [-0.2, 0) is 4.74 Å². The van der Waals surface area contributed by atoms with Gasteiger partial charge in [-0.3, -0.25) is 9.78 Å². The monoisotopic (exact) mass is 249 g/mol. The van der Waals surface area contributed by atoms with Gasteiger partial charge in [0, 0.05) is 0 Å². The number of fused-ring (bicyclic) bond motifs is 2. The van der Waals surface area contributed by atoms with Gasteiger partial charge in [0.05, 0.1) is 30.6 Å². The number of nitrogens with two attached hydrogens (primary N) is 1. The molecule has 3 unspecified atom stereocenters. The van der Waals surface area contributed by atoms with Gasteiger partial charge in [-0.1, -0.05) is 0 Å². The van der Waals surface area contributed by atoms with Crippen LogP contribution in [0.25, 0.3) is 0 Å². The average molecular weight is 249 g/mol. The van der Waals surface area contributed by atoms with Gasteiger partial charge in [0.1, 0.15) is 5.69 Å². The molecule has 3 heterocycles. The van der Waals surface area contributed by atoms with Crippen LogP contribution in [0.3, 0.4) is 0 Å². The molecule has 96 valence electrons. The van der Waals surface area contributed by atoms with E-state index in [4.69, 9.17) is 10.6 Å². The molecule has 4 N–H and O–H groups in total. The maximum absolute atomic E-state index is 12.0. The molecule has 0 aliphatic carbocycles. The van der Waals surface area contributed by atoms with Gasteiger partial charge >= 0.3 is 0 Å². The van der Waals surface area contributed by atoms with E-state index < -0.39 is 0 Å². The summed E-state index contributed by atoms with van der Waals surface area (Å²) in [5.41, 5.74) is 2.62. The summed E-state index contributed by atoms with van der Waals surface area (Å²) >= 11 is 0. The SMILES string of the molecule is NNc1cncc(C(=O)NC2CC3CCC2O3)n1. The third kappa shape index (κ3) is 2.02. The fourth-order valence-electron chi connectivity index (χ4n) is 2.58. The minimum absolute atomic E-state index is 0.0903. The number of nitrogen functional groups attached to an aromatic ring is 1. The van der Waals surface area contributed by atoms with Crippen molar-refractivity contribution >= 4 is 11.7 Å². The molecule has 2 fully saturated rings. The van der Waals surface area contributed by atoms with E-state index in [9.17, 15) is 4.79 Å². The van der Waals surface area contributed by atoms with Crippen LogP contribution < -0.4 is 16.6 Å². The van der Waals surface area contributed by atoms with Crippen LogP contribution in [0, 0.1) is 0 Å². The Labute approximate surface area is 104 Å². The van der Waals surface area contributed by atoms with Crippen molar-refractivity contribution in [3.63, 3.8) is 0 Å². The van der Waals surface area contributed by atoms with Gasteiger partial charge in [-0.05, 0) is 19.3 Å². The molecule has 0 spiro atoms. The molecule has 3 atom stereocenters. The average Bonchev–Trinajstić information content (AvgIpc) is 3.01. The first-order valence-electron chi connectivity index (χ1n) is 6.01. The van der Waals surface area contributed by atoms with Crippen molar-refractivity contribution in [3.8, 4) is 0 Å². The maximum Gasteiger partial charge on any atom is 0.271 e. The second-order valence-electron chi connectivity index (χ2n) is 4.62. The second kappa shape index (κ2) is 4.51. The Morgan fingerprint density at radius 2 is 2.33 bits per heavy atom. The lowest BCUT2D eigenvalue weighted by molar-refractivity contribution is 0.0837. The van der Waals surface area contributed by atoms with Crippen molar-refractivity contribution in [2.24, 2.45) is 5.84 Å². The van der Waals surface area contributed by atoms with Gasteiger partial charge in [-0.15, -0.1) is 0 Å². The zero-order valence-electron chi connectivity index (χ0n) is 9.80. The van der Waals surface area contributed by atoms with Crippen molar-refractivity contribution < 1.29 is 9.53 Å². The molecule has 2 aliphatic rings. The zero-order valence-corrected chi connectivity index (χ0v) is 9.80. The highest BCUT2D eigenvalue weighted by atomic mass is 16.5. The Balaban J connectivity index is 1.67. The minimum atomic E-state index is -0.235. The molecule has 7 nitrogen and oxygen atoms in total. The highest BCUT2D eigenvalue weighted by molar-refractivity contribution is 5.92. The molecule has 0 saturated carbocycles. The van der Waals surface area contributed by atoms with E-state index in [1.54, 1.807) is 0 Å². The van der Waals surface area contributed by atoms with Gasteiger partial charge < -0.3 is 15.5 Å². The van der Waals surface area contributed by atoms with Gasteiger partial charge in [0.2, 0.25) is 0 Å². The van der Waals surface area contributed by atoms with Crippen molar-refractivity contribution in [1.29, 1.82) is 0 Å². The summed E-state index contributed by atoms with van der Waals surface area (Å²) in [4.78, 5) is 20.0. The quantitative estimate of drug-likeness (QED) is 0.507. The fraction of sp³-hybridized carbons (Fsp3) is 0.545. The molecular weight excluding hydrogens is 234 g/mol. The molecule has 1 aromatic rings. The number of amides is 1. The molecule has 7 heteroatoms. The number of nitrogens with zero attached hydrogens (tertiary/aromatic N) is 2. The first-order valence-corrected chi connectivity index (χ1v) is 6.01. The van der Waals surface area contributed by atoms with E-state index in [0.717, 1.165) is 19.3 Å². The first kappa shape index (κ1) is 11.4. The summed E-state index contributed by atoms with van der Waals surface area (Å²) in [5, 5.41) is 2.94. The highest BCUT2D eigenvalue weighted by Crippen LogP contribution is 2.34. The molecule has 2 saturated heterocycles. The van der Waals surface area contributed by atoms with Crippen molar-refractivity contribution in [2.45, 2.75) is 37.5 Å². The first-order chi connectivity index (χ1) is 8.76. The zero-order chi connectivity index (χ0) is 12.5. The Morgan fingerprint density at radius 3 is 3.00 bits per heavy atom. The van der Waals surface area contributed by atoms with Crippen LogP contribution in [0.4, 0.5) is 5.82 Å². The van der Waals surface area contributed by atoms with E-state index in [1.807, 2.05) is 0 Å². The molecule has 1 amide bonds. The van der Waals surface area contributed by atoms with E-state index >= 15 is 0 Å². The Bertz CT molecular complexity index is 467. The largest absolute Gasteiger partial charge is 0.373 e. The highest BCUT2D eigenvalue weighted by Gasteiger charge is 2.41. The van der Waals surface area contributed by atoms with Gasteiger partial charge in [-0.2, -0.15) is 0 Å². The number of hydrogen-bond donors (Lipinski definition) is 3. The number of rotatable bonds is 3. The summed E-state index contributed by atoms with van der Waals surface area (Å²) in [6.45, 7) is 0. The minimum Gasteiger partial charge on any atom is -0.373 e. The normalized spacial score (nSPS) is 29.3. The Hall–Kier alpha value is -1.73. The molecule has 0 aromatic carbocycles. The van der Waals surface area contributed by atoms with E-state index in [0.29, 0.717) is 11.9 Å². The second-order valence-corrected chi connectivity index (χ2v) is 4.62. The molecular formula is C11H15N5O2. The smallest absolute Gasteiger partial charge is 0.271 e. The number of anilines is 1. The Morgan fingerprint density at radius 1 is 1.44 bits per heavy atom. The lowest BCUT2D eigenvalue weighted by Crippen LogP contribution is -2.41. The van der Waals surface area contributed by atoms with Crippen LogP contribution in [0.2, 0.25) is 0 Å². The van der Waals surface area contributed by atoms with Gasteiger partial charge in [0.25, 0.3) is 5.91 Å². The number of carbonyl (C=O) groups excluding carboxylic acids is 1. The van der Waals surface area contributed by atoms with Crippen LogP contribution in [-0.4, -0.2) is 34.1 Å². The fourth-order valence-corrected chi connectivity index (χ4v) is 2.58. The summed E-state index contributed by atoms with van der Waals surface area (Å²) in [6.07, 6.45) is 6.35. The summed E-state index contributed by atoms with van der Waals surface area (Å²) in [7, 11) is 0. The van der Waals surface area contributed by atoms with E-state index in [-0.39, 0.29) is 23.7 Å². The number of carbonyl (C=O) groups is 1. The summed E-state index contributed by atoms with van der Waals surface area (Å²) < 4.78 is 5.68. The van der Waals surface area contributed by atoms with Crippen molar-refractivity contribution in [2.75, 3.05) is 5.43 Å². The number of hydrazine groups is 1. The van der Waals surface area contributed by atoms with Gasteiger partial charge in [-0.25, -0.2) is 10.8 Å². The topological polar surface area (TPSA) is 102 Å². The van der Waals surface area contributed by atoms with Crippen LogP contribution in [0.15, 0.2) is 12.4 Å². The third-order valence-corrected chi connectivity index (χ3v) is 3.44. The standard InChI is InChI=1S/C11H15N5O2/c12-16-10-5-13-4-8(14-10)11(17)15-7-3-6-1-2-9(7)18-6/h4-7,9H,1-3,12H2,(H,14,16)(H,15,17). The third-order valence-electron chi connectivity index (χ3n) is 3.44. The molecule has 18 heavy (non-hydrogen) atoms. The predicted octanol–water partition coefficient (Wildman–Crippen LogP) is -0.188. The van der Waals surface area contributed by atoms with Gasteiger partial charge in [0.15, 0.2) is 5.82 Å². The number of aromatic nitrogens is 2. The van der Waals surface area contributed by atoms with Crippen molar-refractivity contribution in [1.82, 2.24) is 15.3 Å². The van der Waals surface area contributed by atoms with Crippen LogP contribution in [0.5, 0.6) is 0 Å². The lowest BCUT2D eigenvalue weighted by atomic mass is 9.95. The van der Waals surface area contributed by atoms with Crippen LogP contribution >= 0.6 is 0 Å². The van der Waals surface area contributed by atoms with E-state index in [2.05, 4.69) is 20.7 Å². The molecule has 2 aliphatic heterocycles. The maximum atomic E-state index is 12.0. The summed E-state index contributed by atoms with van der Waals surface area (Å²) in [5.74, 6) is 5.36. The molecule has 2 bridgehead atoms. The number of hydrogen-bond acceptors (Lipinski definition) is 6. The number of ether oxygens (including phenoxy) is 1. The molecule has 3 rings (SSSR count). The molecule has 0 radical (unpaired) electrons. The summed E-state index contributed by atoms with van der Waals surface area (Å²) in [6, 6.07) is 0.0903. The predicted molar refractivity (Wildman–Crippen MR) is 63.6 cm³/mol. The van der Waals surface area contributed by atoms with Crippen molar-refractivity contribution in [3.05, 3.63) is 18.1 Å². The molecule has 1 aromatic heterocycles.